The summed E-state index contributed by atoms with van der Waals surface area (Å²) in [5.74, 6) is 1.94. The van der Waals surface area contributed by atoms with E-state index in [1.807, 2.05) is 24.3 Å². The summed E-state index contributed by atoms with van der Waals surface area (Å²) in [4.78, 5) is 2.57. The summed E-state index contributed by atoms with van der Waals surface area (Å²) in [6.07, 6.45) is 5.77. The van der Waals surface area contributed by atoms with Crippen LogP contribution in [0, 0.1) is 11.8 Å². The van der Waals surface area contributed by atoms with Crippen LogP contribution in [-0.4, -0.2) is 30.1 Å². The molecule has 1 aliphatic heterocycles. The van der Waals surface area contributed by atoms with E-state index in [0.717, 1.165) is 41.0 Å². The Bertz CT molecular complexity index is 738. The number of hydrogen-bond acceptors (Lipinski definition) is 2. The molecule has 4 heteroatoms. The molecule has 3 fully saturated rings. The SMILES string of the molecule is Clc1ccc(C(c2ccc(Cl)cc2)N2CC(N[C@@H]3C[C@H]4CC[C@@H]3C4)C2)cc1. The molecule has 0 aromatic heterocycles. The molecule has 0 radical (unpaired) electrons. The fourth-order valence-electron chi connectivity index (χ4n) is 5.48. The van der Waals surface area contributed by atoms with Gasteiger partial charge in [-0.25, -0.2) is 0 Å². The first-order valence-electron chi connectivity index (χ1n) is 10.2. The highest BCUT2D eigenvalue weighted by Gasteiger charge is 2.42. The van der Waals surface area contributed by atoms with Crippen molar-refractivity contribution in [1.82, 2.24) is 10.2 Å². The molecule has 2 bridgehead atoms. The van der Waals surface area contributed by atoms with Crippen molar-refractivity contribution in [2.45, 2.75) is 43.8 Å². The van der Waals surface area contributed by atoms with Crippen molar-refractivity contribution in [2.24, 2.45) is 11.8 Å². The van der Waals surface area contributed by atoms with Crippen LogP contribution in [0.25, 0.3) is 0 Å². The maximum absolute atomic E-state index is 6.12. The molecular weight excluding hydrogens is 375 g/mol. The van der Waals surface area contributed by atoms with Crippen LogP contribution < -0.4 is 5.32 Å². The predicted molar refractivity (Wildman–Crippen MR) is 112 cm³/mol. The molecular formula is C23H26Cl2N2. The van der Waals surface area contributed by atoms with Gasteiger partial charge in [-0.15, -0.1) is 0 Å². The monoisotopic (exact) mass is 400 g/mol. The molecule has 0 spiro atoms. The van der Waals surface area contributed by atoms with E-state index in [1.165, 1.54) is 36.8 Å². The summed E-state index contributed by atoms with van der Waals surface area (Å²) < 4.78 is 0. The third kappa shape index (κ3) is 3.65. The van der Waals surface area contributed by atoms with Crippen molar-refractivity contribution in [3.8, 4) is 0 Å². The molecule has 142 valence electrons. The van der Waals surface area contributed by atoms with Gasteiger partial charge in [-0.2, -0.15) is 0 Å². The van der Waals surface area contributed by atoms with E-state index in [1.54, 1.807) is 0 Å². The van der Waals surface area contributed by atoms with Gasteiger partial charge < -0.3 is 5.32 Å². The van der Waals surface area contributed by atoms with E-state index >= 15 is 0 Å². The summed E-state index contributed by atoms with van der Waals surface area (Å²) in [5.41, 5.74) is 2.58. The highest BCUT2D eigenvalue weighted by atomic mass is 35.5. The first kappa shape index (κ1) is 18.0. The molecule has 5 rings (SSSR count). The van der Waals surface area contributed by atoms with E-state index in [9.17, 15) is 0 Å². The van der Waals surface area contributed by atoms with Crippen LogP contribution in [0.5, 0.6) is 0 Å². The number of hydrogen-bond donors (Lipinski definition) is 1. The van der Waals surface area contributed by atoms with Gasteiger partial charge in [0.1, 0.15) is 0 Å². The van der Waals surface area contributed by atoms with Gasteiger partial charge >= 0.3 is 0 Å². The Morgan fingerprint density at radius 2 is 1.41 bits per heavy atom. The molecule has 2 aromatic carbocycles. The van der Waals surface area contributed by atoms with Crippen molar-refractivity contribution < 1.29 is 0 Å². The van der Waals surface area contributed by atoms with Gasteiger partial charge in [0.2, 0.25) is 0 Å². The summed E-state index contributed by atoms with van der Waals surface area (Å²) >= 11 is 12.2. The van der Waals surface area contributed by atoms with Gasteiger partial charge in [0.15, 0.2) is 0 Å². The van der Waals surface area contributed by atoms with E-state index in [4.69, 9.17) is 23.2 Å². The summed E-state index contributed by atoms with van der Waals surface area (Å²) in [6, 6.07) is 18.2. The minimum atomic E-state index is 0.262. The predicted octanol–water partition coefficient (Wildman–Crippen LogP) is 5.55. The maximum Gasteiger partial charge on any atom is 0.0602 e. The lowest BCUT2D eigenvalue weighted by molar-refractivity contribution is 0.0803. The van der Waals surface area contributed by atoms with Crippen LogP contribution in [0.15, 0.2) is 48.5 Å². The number of likely N-dealkylation sites (tertiary alicyclic amines) is 1. The topological polar surface area (TPSA) is 15.3 Å². The van der Waals surface area contributed by atoms with Gasteiger partial charge in [0, 0.05) is 35.2 Å². The fourth-order valence-corrected chi connectivity index (χ4v) is 5.74. The minimum Gasteiger partial charge on any atom is -0.308 e. The van der Waals surface area contributed by atoms with E-state index in [-0.39, 0.29) is 6.04 Å². The lowest BCUT2D eigenvalue weighted by atomic mass is 9.91. The zero-order valence-corrected chi connectivity index (χ0v) is 17.0. The average molecular weight is 401 g/mol. The molecule has 0 amide bonds. The van der Waals surface area contributed by atoms with Gasteiger partial charge in [-0.05, 0) is 66.5 Å². The largest absolute Gasteiger partial charge is 0.308 e. The number of nitrogens with one attached hydrogen (secondary N) is 1. The molecule has 27 heavy (non-hydrogen) atoms. The number of halogens is 2. The van der Waals surface area contributed by atoms with Crippen LogP contribution in [0.1, 0.15) is 42.9 Å². The van der Waals surface area contributed by atoms with Crippen molar-refractivity contribution in [3.63, 3.8) is 0 Å². The molecule has 3 aliphatic rings. The highest BCUT2D eigenvalue weighted by Crippen LogP contribution is 2.45. The fraction of sp³-hybridized carbons (Fsp3) is 0.478. The molecule has 1 N–H and O–H groups in total. The second-order valence-corrected chi connectivity index (χ2v) is 9.48. The Labute approximate surface area is 171 Å². The molecule has 2 nitrogen and oxygen atoms in total. The van der Waals surface area contributed by atoms with Crippen molar-refractivity contribution >= 4 is 23.2 Å². The Kier molecular flexibility index (Phi) is 4.94. The molecule has 1 heterocycles. The van der Waals surface area contributed by atoms with Gasteiger partial charge in [-0.1, -0.05) is 53.9 Å². The standard InChI is InChI=1S/C23H26Cl2N2/c24-19-7-3-16(4-8-19)23(17-5-9-20(25)10-6-17)27-13-21(14-27)26-22-12-15-1-2-18(22)11-15/h3-10,15,18,21-23,26H,1-2,11-14H2/t15-,18+,22+/m0/s1. The van der Waals surface area contributed by atoms with E-state index < -0.39 is 0 Å². The number of benzene rings is 2. The number of fused-ring (bicyclic) bond motifs is 2. The zero-order chi connectivity index (χ0) is 18.4. The first-order valence-corrected chi connectivity index (χ1v) is 10.9. The van der Waals surface area contributed by atoms with Gasteiger partial charge in [0.05, 0.1) is 6.04 Å². The van der Waals surface area contributed by atoms with Crippen molar-refractivity contribution in [3.05, 3.63) is 69.7 Å². The molecule has 2 aromatic rings. The third-order valence-electron chi connectivity index (χ3n) is 6.83. The van der Waals surface area contributed by atoms with E-state index in [0.29, 0.717) is 6.04 Å². The first-order chi connectivity index (χ1) is 13.2. The molecule has 0 unspecified atom stereocenters. The molecule has 3 atom stereocenters. The quantitative estimate of drug-likeness (QED) is 0.707. The number of rotatable bonds is 5. The Morgan fingerprint density at radius 1 is 0.815 bits per heavy atom. The third-order valence-corrected chi connectivity index (χ3v) is 7.34. The van der Waals surface area contributed by atoms with Crippen LogP contribution in [0.2, 0.25) is 10.0 Å². The van der Waals surface area contributed by atoms with Crippen molar-refractivity contribution in [2.75, 3.05) is 13.1 Å². The molecule has 1 saturated heterocycles. The summed E-state index contributed by atoms with van der Waals surface area (Å²) in [6.45, 7) is 2.20. The summed E-state index contributed by atoms with van der Waals surface area (Å²) in [7, 11) is 0. The lowest BCUT2D eigenvalue weighted by Crippen LogP contribution is -2.61. The maximum atomic E-state index is 6.12. The Morgan fingerprint density at radius 3 is 1.89 bits per heavy atom. The second kappa shape index (κ2) is 7.40. The van der Waals surface area contributed by atoms with Gasteiger partial charge in [-0.3, -0.25) is 4.90 Å². The van der Waals surface area contributed by atoms with Gasteiger partial charge in [0.25, 0.3) is 0 Å². The Hall–Kier alpha value is -1.06. The normalized spacial score (nSPS) is 28.0. The molecule has 2 aliphatic carbocycles. The second-order valence-electron chi connectivity index (χ2n) is 8.60. The van der Waals surface area contributed by atoms with Crippen LogP contribution in [0.4, 0.5) is 0 Å². The van der Waals surface area contributed by atoms with Crippen LogP contribution >= 0.6 is 23.2 Å². The highest BCUT2D eigenvalue weighted by molar-refractivity contribution is 6.30. The summed E-state index contributed by atoms with van der Waals surface area (Å²) in [5, 5.41) is 5.54. The van der Waals surface area contributed by atoms with Crippen LogP contribution in [0.3, 0.4) is 0 Å². The minimum absolute atomic E-state index is 0.262. The lowest BCUT2D eigenvalue weighted by Gasteiger charge is -2.46. The smallest absolute Gasteiger partial charge is 0.0602 e. The van der Waals surface area contributed by atoms with Crippen LogP contribution in [-0.2, 0) is 0 Å². The molecule has 2 saturated carbocycles. The average Bonchev–Trinajstić information content (AvgIpc) is 3.25. The van der Waals surface area contributed by atoms with E-state index in [2.05, 4.69) is 34.5 Å². The zero-order valence-electron chi connectivity index (χ0n) is 15.5. The Balaban J connectivity index is 1.30. The number of nitrogens with zero attached hydrogens (tertiary/aromatic N) is 1. The van der Waals surface area contributed by atoms with Crippen molar-refractivity contribution in [1.29, 1.82) is 0 Å².